The van der Waals surface area contributed by atoms with Gasteiger partial charge in [0.2, 0.25) is 0 Å². The van der Waals surface area contributed by atoms with Gasteiger partial charge in [0.15, 0.2) is 0 Å². The molecule has 0 saturated carbocycles. The second-order valence-corrected chi connectivity index (χ2v) is 11.7. The molecule has 0 fully saturated rings. The van der Waals surface area contributed by atoms with E-state index in [1.807, 2.05) is 12.1 Å². The first-order valence-corrected chi connectivity index (χ1v) is 15.2. The highest BCUT2D eigenvalue weighted by molar-refractivity contribution is 9.10. The average molecular weight is 617 g/mol. The highest BCUT2D eigenvalue weighted by Crippen LogP contribution is 2.40. The topological polar surface area (TPSA) is 16.4 Å². The molecule has 0 radical (unpaired) electrons. The number of hydrogen-bond acceptors (Lipinski definition) is 2. The van der Waals surface area contributed by atoms with Crippen molar-refractivity contribution in [2.75, 3.05) is 4.90 Å². The number of nitrogens with zero attached hydrogens (tertiary/aromatic N) is 1. The summed E-state index contributed by atoms with van der Waals surface area (Å²) in [5.41, 5.74) is 9.75. The smallest absolute Gasteiger partial charge is 0.137 e. The number of halogens is 1. The second-order valence-electron chi connectivity index (χ2n) is 10.7. The fraction of sp³-hybridized carbons (Fsp3) is 0. The van der Waals surface area contributed by atoms with E-state index < -0.39 is 0 Å². The number of rotatable bonds is 5. The summed E-state index contributed by atoms with van der Waals surface area (Å²) in [6.07, 6.45) is 0. The molecule has 8 rings (SSSR count). The Kier molecular flexibility index (Phi) is 6.31. The van der Waals surface area contributed by atoms with Crippen molar-refractivity contribution in [3.63, 3.8) is 0 Å². The van der Waals surface area contributed by atoms with Gasteiger partial charge in [-0.15, -0.1) is 0 Å². The largest absolute Gasteiger partial charge is 0.456 e. The molecule has 0 unspecified atom stereocenters. The summed E-state index contributed by atoms with van der Waals surface area (Å²) >= 11 is 3.61. The quantitative estimate of drug-likeness (QED) is 0.191. The van der Waals surface area contributed by atoms with Crippen molar-refractivity contribution in [1.29, 1.82) is 0 Å². The third kappa shape index (κ3) is 4.68. The van der Waals surface area contributed by atoms with Crippen LogP contribution in [0.4, 0.5) is 17.1 Å². The van der Waals surface area contributed by atoms with Crippen LogP contribution >= 0.6 is 15.9 Å². The van der Waals surface area contributed by atoms with Crippen molar-refractivity contribution in [3.8, 4) is 22.3 Å². The average Bonchev–Trinajstić information content (AvgIpc) is 3.43. The molecule has 1 aromatic heterocycles. The predicted molar refractivity (Wildman–Crippen MR) is 184 cm³/mol. The van der Waals surface area contributed by atoms with Crippen LogP contribution in [-0.4, -0.2) is 0 Å². The van der Waals surface area contributed by atoms with Crippen LogP contribution in [0.1, 0.15) is 0 Å². The van der Waals surface area contributed by atoms with Crippen molar-refractivity contribution in [2.24, 2.45) is 0 Å². The number of furan rings is 1. The van der Waals surface area contributed by atoms with Gasteiger partial charge in [-0.2, -0.15) is 0 Å². The molecule has 2 nitrogen and oxygen atoms in total. The summed E-state index contributed by atoms with van der Waals surface area (Å²) < 4.78 is 7.36. The predicted octanol–water partition coefficient (Wildman–Crippen LogP) is 12.3. The van der Waals surface area contributed by atoms with Gasteiger partial charge in [-0.25, -0.2) is 0 Å². The van der Waals surface area contributed by atoms with Crippen molar-refractivity contribution in [1.82, 2.24) is 0 Å². The van der Waals surface area contributed by atoms with E-state index in [-0.39, 0.29) is 0 Å². The van der Waals surface area contributed by atoms with Gasteiger partial charge in [0.1, 0.15) is 11.2 Å². The summed E-state index contributed by atoms with van der Waals surface area (Å²) in [5.74, 6) is 0. The molecule has 0 aliphatic carbocycles. The number of anilines is 3. The molecule has 1 heterocycles. The van der Waals surface area contributed by atoms with Crippen LogP contribution in [0.5, 0.6) is 0 Å². The molecule has 0 amide bonds. The van der Waals surface area contributed by atoms with E-state index in [0.717, 1.165) is 43.5 Å². The SMILES string of the molecule is Brc1cccc(-c2ccc(N(c3ccc(-c4cccc5ccccc45)cc3)c3ccc4c(c3)oc3ccccc34)cc2)c1. The third-order valence-electron chi connectivity index (χ3n) is 8.13. The van der Waals surface area contributed by atoms with Gasteiger partial charge >= 0.3 is 0 Å². The van der Waals surface area contributed by atoms with E-state index >= 15 is 0 Å². The third-order valence-corrected chi connectivity index (χ3v) is 8.62. The molecular formula is C40H26BrNO. The Bertz CT molecular complexity index is 2240. The first-order chi connectivity index (χ1) is 21.2. The summed E-state index contributed by atoms with van der Waals surface area (Å²) in [6, 6.07) is 55.8. The van der Waals surface area contributed by atoms with E-state index in [0.29, 0.717) is 0 Å². The van der Waals surface area contributed by atoms with Gasteiger partial charge in [0.25, 0.3) is 0 Å². The van der Waals surface area contributed by atoms with E-state index in [9.17, 15) is 0 Å². The zero-order valence-corrected chi connectivity index (χ0v) is 24.8. The number of fused-ring (bicyclic) bond motifs is 4. The summed E-state index contributed by atoms with van der Waals surface area (Å²) in [7, 11) is 0. The summed E-state index contributed by atoms with van der Waals surface area (Å²) in [5, 5.41) is 4.76. The zero-order valence-electron chi connectivity index (χ0n) is 23.2. The zero-order chi connectivity index (χ0) is 28.8. The van der Waals surface area contributed by atoms with Gasteiger partial charge in [-0.1, -0.05) is 113 Å². The number of para-hydroxylation sites is 1. The van der Waals surface area contributed by atoms with Crippen LogP contribution in [0.15, 0.2) is 167 Å². The van der Waals surface area contributed by atoms with Crippen LogP contribution in [0, 0.1) is 0 Å². The van der Waals surface area contributed by atoms with Gasteiger partial charge in [-0.05, 0) is 87.6 Å². The van der Waals surface area contributed by atoms with Crippen LogP contribution in [0.25, 0.3) is 55.0 Å². The Hall–Kier alpha value is -5.12. The Morgan fingerprint density at radius 1 is 0.419 bits per heavy atom. The molecule has 7 aromatic carbocycles. The summed E-state index contributed by atoms with van der Waals surface area (Å²) in [4.78, 5) is 2.30. The van der Waals surface area contributed by atoms with Gasteiger partial charge < -0.3 is 9.32 Å². The molecular weight excluding hydrogens is 590 g/mol. The molecule has 204 valence electrons. The lowest BCUT2D eigenvalue weighted by Gasteiger charge is -2.26. The maximum absolute atomic E-state index is 6.29. The fourth-order valence-electron chi connectivity index (χ4n) is 6.04. The van der Waals surface area contributed by atoms with Crippen molar-refractivity contribution in [2.45, 2.75) is 0 Å². The lowest BCUT2D eigenvalue weighted by atomic mass is 9.98. The minimum Gasteiger partial charge on any atom is -0.456 e. The van der Waals surface area contributed by atoms with Gasteiger partial charge in [-0.3, -0.25) is 0 Å². The standard InChI is InChI=1S/C40H26BrNO/c41-31-10-5-9-30(25-31)27-15-19-32(20-16-27)42(34-23-24-38-37-12-3-4-14-39(37)43-40(38)26-34)33-21-17-29(18-22-33)36-13-6-8-28-7-1-2-11-35(28)36/h1-26H. The van der Waals surface area contributed by atoms with Gasteiger partial charge in [0, 0.05) is 38.4 Å². The van der Waals surface area contributed by atoms with Crippen LogP contribution in [0.3, 0.4) is 0 Å². The normalized spacial score (nSPS) is 11.4. The highest BCUT2D eigenvalue weighted by Gasteiger charge is 2.16. The molecule has 0 bridgehead atoms. The fourth-order valence-corrected chi connectivity index (χ4v) is 6.44. The first-order valence-electron chi connectivity index (χ1n) is 14.4. The minimum absolute atomic E-state index is 0.877. The Balaban J connectivity index is 1.24. The maximum Gasteiger partial charge on any atom is 0.137 e. The molecule has 0 aliphatic heterocycles. The van der Waals surface area contributed by atoms with E-state index in [1.165, 1.54) is 33.0 Å². The Morgan fingerprint density at radius 2 is 1.05 bits per heavy atom. The Labute approximate surface area is 258 Å². The minimum atomic E-state index is 0.877. The molecule has 0 spiro atoms. The second kappa shape index (κ2) is 10.6. The van der Waals surface area contributed by atoms with Crippen LogP contribution < -0.4 is 4.90 Å². The molecule has 0 saturated heterocycles. The van der Waals surface area contributed by atoms with Gasteiger partial charge in [0.05, 0.1) is 0 Å². The number of benzene rings is 7. The lowest BCUT2D eigenvalue weighted by Crippen LogP contribution is -2.09. The molecule has 0 N–H and O–H groups in total. The highest BCUT2D eigenvalue weighted by atomic mass is 79.9. The number of hydrogen-bond donors (Lipinski definition) is 0. The van der Waals surface area contributed by atoms with Crippen LogP contribution in [0.2, 0.25) is 0 Å². The first kappa shape index (κ1) is 25.6. The van der Waals surface area contributed by atoms with Crippen LogP contribution in [-0.2, 0) is 0 Å². The van der Waals surface area contributed by atoms with E-state index in [1.54, 1.807) is 0 Å². The maximum atomic E-state index is 6.29. The van der Waals surface area contributed by atoms with E-state index in [2.05, 4.69) is 166 Å². The van der Waals surface area contributed by atoms with E-state index in [4.69, 9.17) is 4.42 Å². The monoisotopic (exact) mass is 615 g/mol. The molecule has 8 aromatic rings. The van der Waals surface area contributed by atoms with Crippen molar-refractivity contribution in [3.05, 3.63) is 162 Å². The summed E-state index contributed by atoms with van der Waals surface area (Å²) in [6.45, 7) is 0. The molecule has 3 heteroatoms. The molecule has 0 atom stereocenters. The molecule has 0 aliphatic rings. The van der Waals surface area contributed by atoms with Crippen molar-refractivity contribution >= 4 is 65.7 Å². The lowest BCUT2D eigenvalue weighted by molar-refractivity contribution is 0.669. The molecule has 43 heavy (non-hydrogen) atoms. The Morgan fingerprint density at radius 3 is 1.84 bits per heavy atom. The van der Waals surface area contributed by atoms with Crippen molar-refractivity contribution < 1.29 is 4.42 Å².